The average molecular weight is 284 g/mol. The topological polar surface area (TPSA) is 60.4 Å². The summed E-state index contributed by atoms with van der Waals surface area (Å²) in [7, 11) is -3.12. The number of Topliss-reactive ketones (excluding diaryl/α,β-unsaturated/α-hetero) is 1. The fourth-order valence-corrected chi connectivity index (χ4v) is 2.34. The van der Waals surface area contributed by atoms with Crippen LogP contribution in [0.5, 0.6) is 5.75 Å². The lowest BCUT2D eigenvalue weighted by Crippen LogP contribution is -2.22. The summed E-state index contributed by atoms with van der Waals surface area (Å²) in [5, 5.41) is -0.415. The Hall–Kier alpha value is -1.36. The van der Waals surface area contributed by atoms with Gasteiger partial charge >= 0.3 is 0 Å². The SMILES string of the molecule is CC(=O)c1cc(C)ccc1OCCS(=O)(=O)C(C)C. The van der Waals surface area contributed by atoms with Crippen LogP contribution in [0.3, 0.4) is 0 Å². The fraction of sp³-hybridized carbons (Fsp3) is 0.500. The molecule has 0 atom stereocenters. The Morgan fingerprint density at radius 1 is 1.32 bits per heavy atom. The number of benzene rings is 1. The quantitative estimate of drug-likeness (QED) is 0.753. The van der Waals surface area contributed by atoms with Gasteiger partial charge in [0.15, 0.2) is 15.6 Å². The summed E-state index contributed by atoms with van der Waals surface area (Å²) >= 11 is 0. The summed E-state index contributed by atoms with van der Waals surface area (Å²) in [5.74, 6) is 0.304. The van der Waals surface area contributed by atoms with Crippen molar-refractivity contribution in [3.63, 3.8) is 0 Å². The van der Waals surface area contributed by atoms with Gasteiger partial charge in [-0.15, -0.1) is 0 Å². The number of aryl methyl sites for hydroxylation is 1. The van der Waals surface area contributed by atoms with Gasteiger partial charge in [0, 0.05) is 0 Å². The zero-order valence-electron chi connectivity index (χ0n) is 11.8. The van der Waals surface area contributed by atoms with E-state index in [1.807, 2.05) is 13.0 Å². The molecule has 0 aliphatic carbocycles. The van der Waals surface area contributed by atoms with E-state index in [0.717, 1.165) is 5.56 Å². The van der Waals surface area contributed by atoms with Crippen LogP contribution in [-0.4, -0.2) is 31.8 Å². The van der Waals surface area contributed by atoms with Crippen LogP contribution in [0.15, 0.2) is 18.2 Å². The fourth-order valence-electron chi connectivity index (χ4n) is 1.55. The summed E-state index contributed by atoms with van der Waals surface area (Å²) < 4.78 is 28.7. The Labute approximate surface area is 114 Å². The van der Waals surface area contributed by atoms with Gasteiger partial charge in [0.25, 0.3) is 0 Å². The molecule has 106 valence electrons. The molecule has 0 heterocycles. The molecule has 0 aliphatic heterocycles. The van der Waals surface area contributed by atoms with Crippen LogP contribution in [0.1, 0.15) is 36.7 Å². The molecule has 19 heavy (non-hydrogen) atoms. The van der Waals surface area contributed by atoms with Crippen molar-refractivity contribution in [2.45, 2.75) is 32.9 Å². The first-order chi connectivity index (χ1) is 8.74. The second-order valence-corrected chi connectivity index (χ2v) is 7.50. The van der Waals surface area contributed by atoms with Gasteiger partial charge in [-0.1, -0.05) is 11.6 Å². The highest BCUT2D eigenvalue weighted by Gasteiger charge is 2.16. The Kier molecular flexibility index (Phi) is 5.11. The maximum absolute atomic E-state index is 11.6. The minimum absolute atomic E-state index is 0.0457. The van der Waals surface area contributed by atoms with E-state index in [1.165, 1.54) is 6.92 Å². The predicted molar refractivity (Wildman–Crippen MR) is 75.6 cm³/mol. The van der Waals surface area contributed by atoms with Crippen molar-refractivity contribution in [2.75, 3.05) is 12.4 Å². The van der Waals surface area contributed by atoms with Gasteiger partial charge in [-0.25, -0.2) is 8.42 Å². The lowest BCUT2D eigenvalue weighted by molar-refractivity contribution is 0.101. The summed E-state index contributed by atoms with van der Waals surface area (Å²) in [4.78, 5) is 11.5. The molecule has 5 heteroatoms. The molecule has 0 N–H and O–H groups in total. The van der Waals surface area contributed by atoms with Crippen molar-refractivity contribution in [3.8, 4) is 5.75 Å². The highest BCUT2D eigenvalue weighted by Crippen LogP contribution is 2.20. The number of carbonyl (C=O) groups excluding carboxylic acids is 1. The van der Waals surface area contributed by atoms with E-state index in [-0.39, 0.29) is 18.1 Å². The molecule has 1 aromatic rings. The van der Waals surface area contributed by atoms with Gasteiger partial charge in [0.05, 0.1) is 16.6 Å². The van der Waals surface area contributed by atoms with E-state index < -0.39 is 15.1 Å². The zero-order valence-corrected chi connectivity index (χ0v) is 12.6. The van der Waals surface area contributed by atoms with Gasteiger partial charge < -0.3 is 4.74 Å². The molecule has 1 aromatic carbocycles. The minimum Gasteiger partial charge on any atom is -0.492 e. The molecule has 0 radical (unpaired) electrons. The first-order valence-corrected chi connectivity index (χ1v) is 7.91. The number of hydrogen-bond acceptors (Lipinski definition) is 4. The van der Waals surface area contributed by atoms with Gasteiger partial charge in [-0.2, -0.15) is 0 Å². The van der Waals surface area contributed by atoms with Crippen LogP contribution in [0.2, 0.25) is 0 Å². The molecule has 0 aromatic heterocycles. The van der Waals surface area contributed by atoms with Crippen molar-refractivity contribution in [2.24, 2.45) is 0 Å². The number of rotatable bonds is 6. The van der Waals surface area contributed by atoms with Crippen LogP contribution in [-0.2, 0) is 9.84 Å². The highest BCUT2D eigenvalue weighted by atomic mass is 32.2. The smallest absolute Gasteiger partial charge is 0.163 e. The van der Waals surface area contributed by atoms with Crippen LogP contribution < -0.4 is 4.74 Å². The lowest BCUT2D eigenvalue weighted by atomic mass is 10.1. The lowest BCUT2D eigenvalue weighted by Gasteiger charge is -2.12. The number of ketones is 1. The molecule has 0 amide bonds. The predicted octanol–water partition coefficient (Wildman–Crippen LogP) is 2.40. The largest absolute Gasteiger partial charge is 0.492 e. The molecule has 0 aliphatic rings. The summed E-state index contributed by atoms with van der Waals surface area (Å²) in [6.45, 7) is 6.69. The molecular weight excluding hydrogens is 264 g/mol. The van der Waals surface area contributed by atoms with Crippen molar-refractivity contribution in [1.82, 2.24) is 0 Å². The van der Waals surface area contributed by atoms with E-state index in [0.29, 0.717) is 11.3 Å². The molecule has 4 nitrogen and oxygen atoms in total. The first kappa shape index (κ1) is 15.7. The van der Waals surface area contributed by atoms with E-state index in [9.17, 15) is 13.2 Å². The van der Waals surface area contributed by atoms with Gasteiger partial charge in [-0.3, -0.25) is 4.79 Å². The van der Waals surface area contributed by atoms with E-state index in [2.05, 4.69) is 0 Å². The zero-order chi connectivity index (χ0) is 14.6. The maximum atomic E-state index is 11.6. The number of ether oxygens (including phenoxy) is 1. The molecule has 0 unspecified atom stereocenters. The van der Waals surface area contributed by atoms with E-state index >= 15 is 0 Å². The minimum atomic E-state index is -3.12. The summed E-state index contributed by atoms with van der Waals surface area (Å²) in [6.07, 6.45) is 0. The molecule has 0 spiro atoms. The van der Waals surface area contributed by atoms with Crippen molar-refractivity contribution >= 4 is 15.6 Å². The van der Waals surface area contributed by atoms with Gasteiger partial charge in [-0.05, 0) is 39.8 Å². The number of sulfone groups is 1. The maximum Gasteiger partial charge on any atom is 0.163 e. The average Bonchev–Trinajstić information content (AvgIpc) is 2.30. The second-order valence-electron chi connectivity index (χ2n) is 4.82. The molecular formula is C14H20O4S. The molecule has 0 saturated carbocycles. The Bertz CT molecular complexity index is 559. The molecule has 0 fully saturated rings. The molecule has 1 rings (SSSR count). The Balaban J connectivity index is 2.77. The molecule has 0 bridgehead atoms. The van der Waals surface area contributed by atoms with Crippen molar-refractivity contribution in [3.05, 3.63) is 29.3 Å². The van der Waals surface area contributed by atoms with Gasteiger partial charge in [0.2, 0.25) is 0 Å². The standard InChI is InChI=1S/C14H20O4S/c1-10(2)19(16,17)8-7-18-14-6-5-11(3)9-13(14)12(4)15/h5-6,9-10H,7-8H2,1-4H3. The highest BCUT2D eigenvalue weighted by molar-refractivity contribution is 7.91. The van der Waals surface area contributed by atoms with E-state index in [4.69, 9.17) is 4.74 Å². The monoisotopic (exact) mass is 284 g/mol. The van der Waals surface area contributed by atoms with Crippen molar-refractivity contribution < 1.29 is 17.9 Å². The number of hydrogen-bond donors (Lipinski definition) is 0. The van der Waals surface area contributed by atoms with Crippen LogP contribution in [0.25, 0.3) is 0 Å². The van der Waals surface area contributed by atoms with Crippen LogP contribution in [0, 0.1) is 6.92 Å². The first-order valence-electron chi connectivity index (χ1n) is 6.20. The second kappa shape index (κ2) is 6.19. The van der Waals surface area contributed by atoms with Crippen LogP contribution >= 0.6 is 0 Å². The van der Waals surface area contributed by atoms with Gasteiger partial charge in [0.1, 0.15) is 12.4 Å². The number of carbonyl (C=O) groups is 1. The van der Waals surface area contributed by atoms with E-state index in [1.54, 1.807) is 26.0 Å². The summed E-state index contributed by atoms with van der Waals surface area (Å²) in [5.41, 5.74) is 1.45. The third-order valence-corrected chi connectivity index (χ3v) is 5.03. The van der Waals surface area contributed by atoms with Crippen molar-refractivity contribution in [1.29, 1.82) is 0 Å². The Morgan fingerprint density at radius 3 is 2.47 bits per heavy atom. The normalized spacial score (nSPS) is 11.6. The molecule has 0 saturated heterocycles. The third kappa shape index (κ3) is 4.35. The summed E-state index contributed by atoms with van der Waals surface area (Å²) in [6, 6.07) is 5.28. The third-order valence-electron chi connectivity index (χ3n) is 2.86. The van der Waals surface area contributed by atoms with Crippen LogP contribution in [0.4, 0.5) is 0 Å². The Morgan fingerprint density at radius 2 is 1.95 bits per heavy atom.